The van der Waals surface area contributed by atoms with Gasteiger partial charge in [0.2, 0.25) is 15.9 Å². The van der Waals surface area contributed by atoms with Crippen LogP contribution in [0.3, 0.4) is 0 Å². The highest BCUT2D eigenvalue weighted by Gasteiger charge is 2.41. The summed E-state index contributed by atoms with van der Waals surface area (Å²) in [6.07, 6.45) is 3.06. The minimum Gasteiger partial charge on any atom is -0.320 e. The van der Waals surface area contributed by atoms with E-state index in [1.165, 1.54) is 11.3 Å². The third-order valence-electron chi connectivity index (χ3n) is 4.23. The number of aromatic nitrogens is 3. The molecule has 0 aromatic carbocycles. The van der Waals surface area contributed by atoms with Gasteiger partial charge < -0.3 is 4.57 Å². The monoisotopic (exact) mass is 354 g/mol. The van der Waals surface area contributed by atoms with E-state index in [0.29, 0.717) is 6.42 Å². The van der Waals surface area contributed by atoms with E-state index in [-0.39, 0.29) is 17.6 Å². The number of rotatable bonds is 5. The van der Waals surface area contributed by atoms with E-state index in [9.17, 15) is 13.2 Å². The maximum atomic E-state index is 12.3. The van der Waals surface area contributed by atoms with Crippen molar-refractivity contribution >= 4 is 27.3 Å². The van der Waals surface area contributed by atoms with Crippen LogP contribution < -0.4 is 4.72 Å². The summed E-state index contributed by atoms with van der Waals surface area (Å²) in [6, 6.07) is 1.87. The SMILES string of the molecule is Cc1ccsc1CS(=O)(=O)NC(=O)[C@@H]1CC[C@@H]1c1nncn1C. The minimum absolute atomic E-state index is 0.0684. The van der Waals surface area contributed by atoms with Gasteiger partial charge in [0.05, 0.1) is 0 Å². The van der Waals surface area contributed by atoms with Crippen molar-refractivity contribution in [1.82, 2.24) is 19.5 Å². The Morgan fingerprint density at radius 1 is 1.48 bits per heavy atom. The van der Waals surface area contributed by atoms with E-state index in [4.69, 9.17) is 0 Å². The molecule has 0 unspecified atom stereocenters. The molecule has 1 N–H and O–H groups in total. The van der Waals surface area contributed by atoms with Crippen molar-refractivity contribution in [3.8, 4) is 0 Å². The van der Waals surface area contributed by atoms with Crippen LogP contribution in [0.1, 0.15) is 35.0 Å². The summed E-state index contributed by atoms with van der Waals surface area (Å²) in [5, 5.41) is 9.69. The van der Waals surface area contributed by atoms with Crippen molar-refractivity contribution in [2.75, 3.05) is 0 Å². The van der Waals surface area contributed by atoms with Crippen LogP contribution in [-0.2, 0) is 27.6 Å². The van der Waals surface area contributed by atoms with Gasteiger partial charge in [-0.15, -0.1) is 21.5 Å². The molecule has 0 radical (unpaired) electrons. The van der Waals surface area contributed by atoms with Gasteiger partial charge >= 0.3 is 0 Å². The number of aryl methyl sites for hydroxylation is 2. The van der Waals surface area contributed by atoms with Crippen molar-refractivity contribution < 1.29 is 13.2 Å². The molecule has 0 saturated heterocycles. The van der Waals surface area contributed by atoms with Crippen LogP contribution in [0.2, 0.25) is 0 Å². The molecule has 2 heterocycles. The van der Waals surface area contributed by atoms with Gasteiger partial charge in [0.15, 0.2) is 0 Å². The summed E-state index contributed by atoms with van der Waals surface area (Å²) in [7, 11) is -1.86. The molecule has 7 nitrogen and oxygen atoms in total. The zero-order valence-electron chi connectivity index (χ0n) is 12.9. The van der Waals surface area contributed by atoms with Crippen molar-refractivity contribution in [3.63, 3.8) is 0 Å². The quantitative estimate of drug-likeness (QED) is 0.874. The lowest BCUT2D eigenvalue weighted by Gasteiger charge is -2.34. The maximum Gasteiger partial charge on any atom is 0.239 e. The predicted octanol–water partition coefficient (Wildman–Crippen LogP) is 1.32. The van der Waals surface area contributed by atoms with Crippen LogP contribution in [0.25, 0.3) is 0 Å². The topological polar surface area (TPSA) is 93.9 Å². The molecule has 1 aliphatic carbocycles. The molecule has 9 heteroatoms. The molecule has 1 saturated carbocycles. The van der Waals surface area contributed by atoms with Crippen LogP contribution in [0.15, 0.2) is 17.8 Å². The number of thiophene rings is 1. The first-order valence-electron chi connectivity index (χ1n) is 7.28. The fourth-order valence-electron chi connectivity index (χ4n) is 2.74. The number of hydrogen-bond donors (Lipinski definition) is 1. The van der Waals surface area contributed by atoms with Crippen LogP contribution in [0.4, 0.5) is 0 Å². The molecular formula is C14H18N4O3S2. The number of amides is 1. The van der Waals surface area contributed by atoms with Gasteiger partial charge in [0, 0.05) is 23.8 Å². The van der Waals surface area contributed by atoms with Gasteiger partial charge in [-0.1, -0.05) is 0 Å². The molecule has 124 valence electrons. The first-order chi connectivity index (χ1) is 10.9. The van der Waals surface area contributed by atoms with Gasteiger partial charge in [-0.25, -0.2) is 8.42 Å². The Kier molecular flexibility index (Phi) is 4.24. The fourth-order valence-corrected chi connectivity index (χ4v) is 5.27. The highest BCUT2D eigenvalue weighted by atomic mass is 32.2. The molecule has 0 aliphatic heterocycles. The first-order valence-corrected chi connectivity index (χ1v) is 9.82. The number of sulfonamides is 1. The predicted molar refractivity (Wildman–Crippen MR) is 86.3 cm³/mol. The van der Waals surface area contributed by atoms with Gasteiger partial charge in [0.1, 0.15) is 17.9 Å². The Hall–Kier alpha value is -1.74. The van der Waals surface area contributed by atoms with Crippen LogP contribution in [0.5, 0.6) is 0 Å². The van der Waals surface area contributed by atoms with E-state index in [1.807, 2.05) is 25.4 Å². The average molecular weight is 354 g/mol. The lowest BCUT2D eigenvalue weighted by Crippen LogP contribution is -2.43. The molecular weight excluding hydrogens is 336 g/mol. The van der Waals surface area contributed by atoms with Crippen molar-refractivity contribution in [2.45, 2.75) is 31.4 Å². The summed E-state index contributed by atoms with van der Waals surface area (Å²) < 4.78 is 28.4. The normalized spacial score (nSPS) is 21.0. The molecule has 2 aromatic rings. The molecule has 3 rings (SSSR count). The maximum absolute atomic E-state index is 12.3. The summed E-state index contributed by atoms with van der Waals surface area (Å²) in [4.78, 5) is 13.1. The van der Waals surface area contributed by atoms with Crippen LogP contribution in [0, 0.1) is 12.8 Å². The second-order valence-corrected chi connectivity index (χ2v) is 8.57. The molecule has 2 aromatic heterocycles. The first kappa shape index (κ1) is 16.1. The molecule has 1 amide bonds. The molecule has 0 spiro atoms. The zero-order valence-corrected chi connectivity index (χ0v) is 14.5. The Labute approximate surface area is 138 Å². The second-order valence-electron chi connectivity index (χ2n) is 5.84. The Morgan fingerprint density at radius 3 is 2.78 bits per heavy atom. The minimum atomic E-state index is -3.68. The van der Waals surface area contributed by atoms with Gasteiger partial charge in [-0.05, 0) is 36.8 Å². The van der Waals surface area contributed by atoms with Crippen LogP contribution >= 0.6 is 11.3 Å². The van der Waals surface area contributed by atoms with Crippen molar-refractivity contribution in [2.24, 2.45) is 13.0 Å². The summed E-state index contributed by atoms with van der Waals surface area (Å²) in [6.45, 7) is 1.86. The van der Waals surface area contributed by atoms with E-state index >= 15 is 0 Å². The van der Waals surface area contributed by atoms with E-state index in [2.05, 4.69) is 14.9 Å². The number of carbonyl (C=O) groups is 1. The second kappa shape index (κ2) is 6.04. The van der Waals surface area contributed by atoms with Crippen molar-refractivity contribution in [1.29, 1.82) is 0 Å². The largest absolute Gasteiger partial charge is 0.320 e. The standard InChI is InChI=1S/C14H18N4O3S2/c1-9-5-6-22-12(9)7-23(20,21)17-14(19)11-4-3-10(11)13-16-15-8-18(13)2/h5-6,8,10-11H,3-4,7H2,1-2H3,(H,17,19)/t10-,11+/m0/s1. The van der Waals surface area contributed by atoms with Gasteiger partial charge in [-0.2, -0.15) is 0 Å². The smallest absolute Gasteiger partial charge is 0.239 e. The molecule has 1 fully saturated rings. The highest BCUT2D eigenvalue weighted by Crippen LogP contribution is 2.41. The number of carbonyl (C=O) groups excluding carboxylic acids is 1. The summed E-state index contributed by atoms with van der Waals surface area (Å²) >= 11 is 1.38. The van der Waals surface area contributed by atoms with Crippen molar-refractivity contribution in [3.05, 3.63) is 34.0 Å². The summed E-state index contributed by atoms with van der Waals surface area (Å²) in [5.41, 5.74) is 0.924. The third-order valence-corrected chi connectivity index (χ3v) is 6.62. The van der Waals surface area contributed by atoms with E-state index in [1.54, 1.807) is 10.9 Å². The number of nitrogens with zero attached hydrogens (tertiary/aromatic N) is 3. The third kappa shape index (κ3) is 3.30. The lowest BCUT2D eigenvalue weighted by molar-refractivity contribution is -0.126. The Morgan fingerprint density at radius 2 is 2.26 bits per heavy atom. The molecule has 23 heavy (non-hydrogen) atoms. The van der Waals surface area contributed by atoms with E-state index < -0.39 is 15.9 Å². The molecule has 0 bridgehead atoms. The zero-order chi connectivity index (χ0) is 16.6. The Balaban J connectivity index is 1.67. The average Bonchev–Trinajstić information content (AvgIpc) is 2.98. The lowest BCUT2D eigenvalue weighted by atomic mass is 9.72. The molecule has 1 aliphatic rings. The van der Waals surface area contributed by atoms with E-state index in [0.717, 1.165) is 22.7 Å². The highest BCUT2D eigenvalue weighted by molar-refractivity contribution is 7.89. The van der Waals surface area contributed by atoms with Gasteiger partial charge in [-0.3, -0.25) is 9.52 Å². The number of nitrogens with one attached hydrogen (secondary N) is 1. The van der Waals surface area contributed by atoms with Crippen LogP contribution in [-0.4, -0.2) is 29.1 Å². The van der Waals surface area contributed by atoms with Gasteiger partial charge in [0.25, 0.3) is 0 Å². The number of hydrogen-bond acceptors (Lipinski definition) is 6. The Bertz CT molecular complexity index is 825. The fraction of sp³-hybridized carbons (Fsp3) is 0.500. The molecule has 2 atom stereocenters. The summed E-state index contributed by atoms with van der Waals surface area (Å²) in [5.74, 6) is -0.316.